The van der Waals surface area contributed by atoms with Gasteiger partial charge >= 0.3 is 0 Å². The van der Waals surface area contributed by atoms with Crippen LogP contribution < -0.4 is 0 Å². The molecule has 1 atom stereocenters. The number of ether oxygens (including phenoxy) is 1. The van der Waals surface area contributed by atoms with Gasteiger partial charge in [0.1, 0.15) is 0 Å². The molecule has 2 fully saturated rings. The largest absolute Gasteiger partial charge is 0.378 e. The lowest BCUT2D eigenvalue weighted by atomic mass is 9.69. The molecule has 0 bridgehead atoms. The van der Waals surface area contributed by atoms with Crippen LogP contribution in [0.15, 0.2) is 0 Å². The third-order valence-corrected chi connectivity index (χ3v) is 4.94. The standard InChI is InChI=1S/C16H32N2O/c1-14(2)19-13-16(8-6-9-16)12-17(3)11-15-7-5-10-18(15)4/h14-15H,5-13H2,1-4H3. The van der Waals surface area contributed by atoms with Crippen molar-refractivity contribution in [1.29, 1.82) is 0 Å². The molecule has 0 amide bonds. The van der Waals surface area contributed by atoms with E-state index in [2.05, 4.69) is 37.7 Å². The van der Waals surface area contributed by atoms with Gasteiger partial charge in [0.2, 0.25) is 0 Å². The molecule has 19 heavy (non-hydrogen) atoms. The molecule has 0 spiro atoms. The van der Waals surface area contributed by atoms with Gasteiger partial charge < -0.3 is 14.5 Å². The highest BCUT2D eigenvalue weighted by atomic mass is 16.5. The molecule has 3 nitrogen and oxygen atoms in total. The van der Waals surface area contributed by atoms with E-state index in [9.17, 15) is 0 Å². The maximum Gasteiger partial charge on any atom is 0.0538 e. The van der Waals surface area contributed by atoms with Gasteiger partial charge in [0.05, 0.1) is 12.7 Å². The lowest BCUT2D eigenvalue weighted by molar-refractivity contribution is -0.0485. The lowest BCUT2D eigenvalue weighted by Crippen LogP contribution is -2.47. The molecular formula is C16H32N2O. The summed E-state index contributed by atoms with van der Waals surface area (Å²) in [5, 5.41) is 0. The van der Waals surface area contributed by atoms with Crippen molar-refractivity contribution in [3.05, 3.63) is 0 Å². The van der Waals surface area contributed by atoms with Gasteiger partial charge in [-0.2, -0.15) is 0 Å². The highest BCUT2D eigenvalue weighted by Gasteiger charge is 2.38. The number of hydrogen-bond donors (Lipinski definition) is 0. The molecule has 0 radical (unpaired) electrons. The Morgan fingerprint density at radius 3 is 2.53 bits per heavy atom. The fraction of sp³-hybridized carbons (Fsp3) is 1.00. The minimum atomic E-state index is 0.365. The minimum Gasteiger partial charge on any atom is -0.378 e. The van der Waals surface area contributed by atoms with Crippen molar-refractivity contribution in [3.63, 3.8) is 0 Å². The van der Waals surface area contributed by atoms with E-state index in [1.165, 1.54) is 51.7 Å². The summed E-state index contributed by atoms with van der Waals surface area (Å²) < 4.78 is 5.90. The Kier molecular flexibility index (Phi) is 5.27. The average molecular weight is 268 g/mol. The van der Waals surface area contributed by atoms with Crippen molar-refractivity contribution < 1.29 is 4.74 Å². The van der Waals surface area contributed by atoms with E-state index in [1.54, 1.807) is 0 Å². The van der Waals surface area contributed by atoms with Gasteiger partial charge in [0.15, 0.2) is 0 Å². The zero-order valence-corrected chi connectivity index (χ0v) is 13.3. The van der Waals surface area contributed by atoms with Gasteiger partial charge in [-0.05, 0) is 60.2 Å². The molecule has 1 unspecified atom stereocenters. The van der Waals surface area contributed by atoms with E-state index in [4.69, 9.17) is 4.74 Å². The molecule has 0 aromatic rings. The second-order valence-electron chi connectivity index (χ2n) is 7.19. The van der Waals surface area contributed by atoms with E-state index in [-0.39, 0.29) is 0 Å². The van der Waals surface area contributed by atoms with Crippen LogP contribution in [0.4, 0.5) is 0 Å². The average Bonchev–Trinajstić information content (AvgIpc) is 2.68. The van der Waals surface area contributed by atoms with Crippen LogP contribution in [0, 0.1) is 5.41 Å². The molecule has 2 rings (SSSR count). The molecule has 1 heterocycles. The molecule has 3 heteroatoms. The number of rotatable bonds is 7. The minimum absolute atomic E-state index is 0.365. The summed E-state index contributed by atoms with van der Waals surface area (Å²) in [7, 11) is 4.56. The third-order valence-electron chi connectivity index (χ3n) is 4.94. The molecular weight excluding hydrogens is 236 g/mol. The van der Waals surface area contributed by atoms with E-state index >= 15 is 0 Å². The molecule has 1 aliphatic carbocycles. The lowest BCUT2D eigenvalue weighted by Gasteiger charge is -2.45. The molecule has 1 aliphatic heterocycles. The molecule has 0 aromatic heterocycles. The summed E-state index contributed by atoms with van der Waals surface area (Å²) in [5.74, 6) is 0. The van der Waals surface area contributed by atoms with Crippen LogP contribution in [0.25, 0.3) is 0 Å². The Labute approximate surface area is 119 Å². The van der Waals surface area contributed by atoms with E-state index in [0.29, 0.717) is 11.5 Å². The van der Waals surface area contributed by atoms with Crippen LogP contribution in [-0.4, -0.2) is 62.3 Å². The fourth-order valence-corrected chi connectivity index (χ4v) is 3.58. The van der Waals surface area contributed by atoms with Gasteiger partial charge in [0.25, 0.3) is 0 Å². The van der Waals surface area contributed by atoms with Crippen molar-refractivity contribution in [2.75, 3.05) is 40.3 Å². The van der Waals surface area contributed by atoms with Crippen LogP contribution in [0.2, 0.25) is 0 Å². The molecule has 112 valence electrons. The summed E-state index contributed by atoms with van der Waals surface area (Å²) in [6.07, 6.45) is 7.20. The number of likely N-dealkylation sites (tertiary alicyclic amines) is 1. The molecule has 2 aliphatic rings. The second kappa shape index (κ2) is 6.55. The Balaban J connectivity index is 1.77. The second-order valence-corrected chi connectivity index (χ2v) is 7.19. The van der Waals surface area contributed by atoms with Gasteiger partial charge in [-0.3, -0.25) is 0 Å². The summed E-state index contributed by atoms with van der Waals surface area (Å²) in [5.41, 5.74) is 0.455. The Morgan fingerprint density at radius 2 is 2.05 bits per heavy atom. The summed E-state index contributed by atoms with van der Waals surface area (Å²) in [6.45, 7) is 8.95. The Hall–Kier alpha value is -0.120. The van der Waals surface area contributed by atoms with Crippen LogP contribution in [0.1, 0.15) is 46.0 Å². The predicted molar refractivity (Wildman–Crippen MR) is 80.5 cm³/mol. The van der Waals surface area contributed by atoms with Gasteiger partial charge in [-0.15, -0.1) is 0 Å². The first-order valence-corrected chi connectivity index (χ1v) is 8.01. The Bertz CT molecular complexity index is 276. The number of hydrogen-bond acceptors (Lipinski definition) is 3. The van der Waals surface area contributed by atoms with Crippen molar-refractivity contribution in [2.24, 2.45) is 5.41 Å². The number of likely N-dealkylation sites (N-methyl/N-ethyl adjacent to an activating group) is 2. The maximum absolute atomic E-state index is 5.90. The maximum atomic E-state index is 5.90. The van der Waals surface area contributed by atoms with Gasteiger partial charge in [0, 0.05) is 24.5 Å². The zero-order chi connectivity index (χ0) is 13.9. The topological polar surface area (TPSA) is 15.7 Å². The van der Waals surface area contributed by atoms with E-state index in [1.807, 2.05) is 0 Å². The molecule has 0 N–H and O–H groups in total. The van der Waals surface area contributed by atoms with Crippen LogP contribution in [-0.2, 0) is 4.74 Å². The first-order chi connectivity index (χ1) is 9.01. The van der Waals surface area contributed by atoms with Crippen LogP contribution in [0.3, 0.4) is 0 Å². The van der Waals surface area contributed by atoms with Crippen molar-refractivity contribution >= 4 is 0 Å². The molecule has 0 aromatic carbocycles. The fourth-order valence-electron chi connectivity index (χ4n) is 3.58. The third kappa shape index (κ3) is 4.17. The normalized spacial score (nSPS) is 27.2. The van der Waals surface area contributed by atoms with E-state index in [0.717, 1.165) is 12.6 Å². The predicted octanol–water partition coefficient (Wildman–Crippen LogP) is 2.61. The van der Waals surface area contributed by atoms with Gasteiger partial charge in [-0.1, -0.05) is 6.42 Å². The first-order valence-electron chi connectivity index (χ1n) is 8.01. The molecule has 1 saturated carbocycles. The van der Waals surface area contributed by atoms with Crippen molar-refractivity contribution in [3.8, 4) is 0 Å². The van der Waals surface area contributed by atoms with E-state index < -0.39 is 0 Å². The summed E-state index contributed by atoms with van der Waals surface area (Å²) in [6, 6.07) is 0.771. The zero-order valence-electron chi connectivity index (χ0n) is 13.3. The smallest absolute Gasteiger partial charge is 0.0538 e. The van der Waals surface area contributed by atoms with Crippen LogP contribution in [0.5, 0.6) is 0 Å². The van der Waals surface area contributed by atoms with Gasteiger partial charge in [-0.25, -0.2) is 0 Å². The molecule has 1 saturated heterocycles. The monoisotopic (exact) mass is 268 g/mol. The quantitative estimate of drug-likeness (QED) is 0.706. The van der Waals surface area contributed by atoms with Crippen molar-refractivity contribution in [1.82, 2.24) is 9.80 Å². The highest BCUT2D eigenvalue weighted by molar-refractivity contribution is 4.91. The first kappa shape index (κ1) is 15.3. The summed E-state index contributed by atoms with van der Waals surface area (Å²) in [4.78, 5) is 5.07. The number of nitrogens with zero attached hydrogens (tertiary/aromatic N) is 2. The SMILES string of the molecule is CC(C)OCC1(CN(C)CC2CCCN2C)CCC1. The highest BCUT2D eigenvalue weighted by Crippen LogP contribution is 2.42. The van der Waals surface area contributed by atoms with Crippen LogP contribution >= 0.6 is 0 Å². The summed E-state index contributed by atoms with van der Waals surface area (Å²) >= 11 is 0. The Morgan fingerprint density at radius 1 is 1.32 bits per heavy atom. The van der Waals surface area contributed by atoms with Crippen molar-refractivity contribution in [2.45, 2.75) is 58.1 Å².